The molecule has 0 bridgehead atoms. The molecule has 0 heterocycles. The van der Waals surface area contributed by atoms with Crippen LogP contribution in [-0.2, 0) is 9.59 Å². The molecule has 16 heavy (non-hydrogen) atoms. The van der Waals surface area contributed by atoms with Gasteiger partial charge in [0.25, 0.3) is 0 Å². The summed E-state index contributed by atoms with van der Waals surface area (Å²) >= 11 is 0. The summed E-state index contributed by atoms with van der Waals surface area (Å²) in [5.74, 6) is -1.62. The first kappa shape index (κ1) is 15.1. The zero-order valence-corrected chi connectivity index (χ0v) is 10.6. The Labute approximate surface area is 96.8 Å². The predicted octanol–water partition coefficient (Wildman–Crippen LogP) is 0.438. The van der Waals surface area contributed by atoms with Crippen molar-refractivity contribution in [1.82, 2.24) is 0 Å². The molecule has 0 aromatic heterocycles. The minimum atomic E-state index is -0.974. The number of aliphatic carboxylic acids is 1. The molecule has 0 saturated heterocycles. The smallest absolute Gasteiger partial charge is 0.304 e. The average Bonchev–Trinajstić information content (AvgIpc) is 2.11. The molecule has 0 saturated carbocycles. The highest BCUT2D eigenvalue weighted by atomic mass is 16.4. The Morgan fingerprint density at radius 3 is 2.12 bits per heavy atom. The molecule has 0 aliphatic heterocycles. The van der Waals surface area contributed by atoms with Gasteiger partial charge in [0.05, 0.1) is 33.5 Å². The second kappa shape index (κ2) is 5.96. The molecule has 5 heteroatoms. The topological polar surface area (TPSA) is 80.4 Å². The Bertz CT molecular complexity index is 258. The van der Waals surface area contributed by atoms with E-state index in [0.717, 1.165) is 6.42 Å². The molecule has 0 aromatic carbocycles. The van der Waals surface area contributed by atoms with Crippen molar-refractivity contribution in [3.8, 4) is 0 Å². The predicted molar refractivity (Wildman–Crippen MR) is 61.7 cm³/mol. The van der Waals surface area contributed by atoms with Crippen molar-refractivity contribution in [3.63, 3.8) is 0 Å². The zero-order valence-electron chi connectivity index (χ0n) is 10.6. The van der Waals surface area contributed by atoms with Gasteiger partial charge in [0, 0.05) is 6.42 Å². The number of hydrogen-bond acceptors (Lipinski definition) is 3. The Hall–Kier alpha value is -0.940. The normalized spacial score (nSPS) is 15.6. The molecule has 3 N–H and O–H groups in total. The summed E-state index contributed by atoms with van der Waals surface area (Å²) in [6.45, 7) is 1.90. The number of carboxylic acid groups (broad SMARTS) is 1. The summed E-state index contributed by atoms with van der Waals surface area (Å²) in [5, 5.41) is 8.80. The van der Waals surface area contributed by atoms with E-state index < -0.39 is 18.1 Å². The van der Waals surface area contributed by atoms with E-state index in [1.807, 2.05) is 28.1 Å². The summed E-state index contributed by atoms with van der Waals surface area (Å²) < 4.78 is 0.382. The van der Waals surface area contributed by atoms with Crippen molar-refractivity contribution in [2.45, 2.75) is 32.4 Å². The molecule has 0 aromatic rings. The zero-order chi connectivity index (χ0) is 12.9. The third kappa shape index (κ3) is 4.72. The van der Waals surface area contributed by atoms with Gasteiger partial charge in [0.15, 0.2) is 0 Å². The van der Waals surface area contributed by atoms with E-state index in [-0.39, 0.29) is 12.2 Å². The fourth-order valence-electron chi connectivity index (χ4n) is 1.58. The van der Waals surface area contributed by atoms with Crippen molar-refractivity contribution in [3.05, 3.63) is 0 Å². The maximum absolute atomic E-state index is 11.8. The van der Waals surface area contributed by atoms with E-state index in [1.54, 1.807) is 0 Å². The van der Waals surface area contributed by atoms with Crippen LogP contribution in [0.2, 0.25) is 0 Å². The maximum atomic E-state index is 11.8. The average molecular weight is 231 g/mol. The summed E-state index contributed by atoms with van der Waals surface area (Å²) in [5.41, 5.74) is 5.96. The van der Waals surface area contributed by atoms with Gasteiger partial charge in [0.1, 0.15) is 11.9 Å². The van der Waals surface area contributed by atoms with Gasteiger partial charge in [-0.2, -0.15) is 0 Å². The minimum absolute atomic E-state index is 0.0505. The molecule has 0 rings (SSSR count). The van der Waals surface area contributed by atoms with Crippen molar-refractivity contribution in [2.75, 3.05) is 21.1 Å². The van der Waals surface area contributed by atoms with Crippen LogP contribution in [0.5, 0.6) is 0 Å². The number of rotatable bonds is 7. The van der Waals surface area contributed by atoms with Gasteiger partial charge in [0.2, 0.25) is 0 Å². The van der Waals surface area contributed by atoms with Gasteiger partial charge in [-0.1, -0.05) is 6.92 Å². The van der Waals surface area contributed by atoms with Gasteiger partial charge >= 0.3 is 5.97 Å². The van der Waals surface area contributed by atoms with Gasteiger partial charge in [-0.05, 0) is 6.42 Å². The number of ketones is 1. The summed E-state index contributed by atoms with van der Waals surface area (Å²) in [6, 6.07) is 0. The minimum Gasteiger partial charge on any atom is -0.481 e. The number of carboxylic acids is 1. The molecule has 1 unspecified atom stereocenters. The van der Waals surface area contributed by atoms with Crippen LogP contribution in [0, 0.1) is 5.92 Å². The van der Waals surface area contributed by atoms with Crippen LogP contribution in [0.3, 0.4) is 0 Å². The second-order valence-electron chi connectivity index (χ2n) is 5.03. The number of carbonyl (C=O) groups excluding carboxylic acids is 1. The molecule has 0 amide bonds. The van der Waals surface area contributed by atoms with E-state index in [2.05, 4.69) is 0 Å². The Morgan fingerprint density at radius 2 is 1.81 bits per heavy atom. The van der Waals surface area contributed by atoms with Crippen molar-refractivity contribution < 1.29 is 19.2 Å². The van der Waals surface area contributed by atoms with Crippen molar-refractivity contribution >= 4 is 11.8 Å². The third-order valence-corrected chi connectivity index (χ3v) is 2.61. The first-order valence-corrected chi connectivity index (χ1v) is 5.51. The molecule has 94 valence electrons. The molecule has 0 fully saturated rings. The van der Waals surface area contributed by atoms with Crippen molar-refractivity contribution in [2.24, 2.45) is 11.7 Å². The molecule has 5 nitrogen and oxygen atoms in total. The summed E-state index contributed by atoms with van der Waals surface area (Å²) in [6.07, 6.45) is 0.454. The molecule has 2 atom stereocenters. The number of carbonyl (C=O) groups is 2. The first-order valence-electron chi connectivity index (χ1n) is 5.51. The van der Waals surface area contributed by atoms with E-state index in [9.17, 15) is 9.59 Å². The molecule has 0 aliphatic rings. The van der Waals surface area contributed by atoms with Crippen LogP contribution in [0.15, 0.2) is 0 Å². The van der Waals surface area contributed by atoms with Crippen LogP contribution >= 0.6 is 0 Å². The lowest BCUT2D eigenvalue weighted by Crippen LogP contribution is -2.57. The monoisotopic (exact) mass is 231 g/mol. The number of quaternary nitrogens is 1. The van der Waals surface area contributed by atoms with Crippen LogP contribution in [0.1, 0.15) is 26.2 Å². The number of nitrogens with two attached hydrogens (primary N) is 1. The lowest BCUT2D eigenvalue weighted by Gasteiger charge is -2.35. The Morgan fingerprint density at radius 1 is 1.31 bits per heavy atom. The van der Waals surface area contributed by atoms with Gasteiger partial charge < -0.3 is 9.59 Å². The SMILES string of the molecule is CCCC(=O)C(CC(=O)O)[C@H](N)[N+](C)(C)C. The van der Waals surface area contributed by atoms with Gasteiger partial charge in [-0.3, -0.25) is 15.3 Å². The van der Waals surface area contributed by atoms with Gasteiger partial charge in [-0.25, -0.2) is 0 Å². The van der Waals surface area contributed by atoms with Crippen LogP contribution in [0.25, 0.3) is 0 Å². The van der Waals surface area contributed by atoms with Crippen LogP contribution < -0.4 is 5.73 Å². The summed E-state index contributed by atoms with van der Waals surface area (Å²) in [7, 11) is 5.58. The highest BCUT2D eigenvalue weighted by Gasteiger charge is 2.35. The molecular weight excluding hydrogens is 208 g/mol. The van der Waals surface area contributed by atoms with Crippen LogP contribution in [0.4, 0.5) is 0 Å². The Kier molecular flexibility index (Phi) is 5.61. The highest BCUT2D eigenvalue weighted by molar-refractivity contribution is 5.85. The Balaban J connectivity index is 4.79. The number of hydrogen-bond donors (Lipinski definition) is 2. The molecule has 0 aliphatic carbocycles. The number of Topliss-reactive ketones (excluding diaryl/α,β-unsaturated/α-hetero) is 1. The standard InChI is InChI=1S/C11H22N2O3/c1-5-6-9(14)8(7-10(15)16)11(12)13(2,3)4/h8,11H,5-7,12H2,1-4H3/p+1/t8?,11-/m1/s1. The number of nitrogens with zero attached hydrogens (tertiary/aromatic N) is 1. The second-order valence-corrected chi connectivity index (χ2v) is 5.03. The molecule has 0 spiro atoms. The lowest BCUT2D eigenvalue weighted by molar-refractivity contribution is -0.898. The largest absolute Gasteiger partial charge is 0.481 e. The van der Waals surface area contributed by atoms with E-state index >= 15 is 0 Å². The van der Waals surface area contributed by atoms with Crippen molar-refractivity contribution in [1.29, 1.82) is 0 Å². The fraction of sp³-hybridized carbons (Fsp3) is 0.818. The van der Waals surface area contributed by atoms with E-state index in [0.29, 0.717) is 10.9 Å². The maximum Gasteiger partial charge on any atom is 0.304 e. The van der Waals surface area contributed by atoms with E-state index in [1.165, 1.54) is 0 Å². The lowest BCUT2D eigenvalue weighted by atomic mass is 9.93. The first-order chi connectivity index (χ1) is 7.20. The van der Waals surface area contributed by atoms with Gasteiger partial charge in [-0.15, -0.1) is 0 Å². The van der Waals surface area contributed by atoms with Crippen LogP contribution in [-0.4, -0.2) is 48.7 Å². The third-order valence-electron chi connectivity index (χ3n) is 2.61. The quantitative estimate of drug-likeness (QED) is 0.492. The van der Waals surface area contributed by atoms with E-state index in [4.69, 9.17) is 10.8 Å². The summed E-state index contributed by atoms with van der Waals surface area (Å²) in [4.78, 5) is 22.5. The molecule has 0 radical (unpaired) electrons. The fourth-order valence-corrected chi connectivity index (χ4v) is 1.58. The highest BCUT2D eigenvalue weighted by Crippen LogP contribution is 2.17. The molecular formula is C11H23N2O3+.